The molecule has 0 unspecified atom stereocenters. The standard InChI is InChI=1S/C15H19NO/c1-12-8-9-13(11-16)10-15(12)17-14-6-4-2-3-5-7-14/h8-10,14H,2-7H2,1H3. The van der Waals surface area contributed by atoms with Crippen LogP contribution < -0.4 is 4.74 Å². The Morgan fingerprint density at radius 1 is 1.18 bits per heavy atom. The molecule has 1 aliphatic rings. The molecular weight excluding hydrogens is 210 g/mol. The summed E-state index contributed by atoms with van der Waals surface area (Å²) in [5.41, 5.74) is 1.80. The molecular formula is C15H19NO. The predicted octanol–water partition coefficient (Wildman–Crippen LogP) is 3.97. The zero-order valence-electron chi connectivity index (χ0n) is 10.4. The fraction of sp³-hybridized carbons (Fsp3) is 0.533. The van der Waals surface area contributed by atoms with Gasteiger partial charge < -0.3 is 4.74 Å². The van der Waals surface area contributed by atoms with Crippen molar-refractivity contribution in [2.45, 2.75) is 51.6 Å². The van der Waals surface area contributed by atoms with Crippen molar-refractivity contribution in [3.05, 3.63) is 29.3 Å². The summed E-state index contributed by atoms with van der Waals surface area (Å²) >= 11 is 0. The summed E-state index contributed by atoms with van der Waals surface area (Å²) in [6, 6.07) is 7.83. The highest BCUT2D eigenvalue weighted by Crippen LogP contribution is 2.25. The molecule has 1 fully saturated rings. The van der Waals surface area contributed by atoms with Gasteiger partial charge in [0, 0.05) is 0 Å². The second-order valence-electron chi connectivity index (χ2n) is 4.82. The third kappa shape index (κ3) is 3.23. The number of nitrogens with zero attached hydrogens (tertiary/aromatic N) is 1. The van der Waals surface area contributed by atoms with E-state index in [9.17, 15) is 0 Å². The van der Waals surface area contributed by atoms with Crippen molar-refractivity contribution in [1.82, 2.24) is 0 Å². The zero-order valence-corrected chi connectivity index (χ0v) is 10.4. The number of benzene rings is 1. The van der Waals surface area contributed by atoms with Gasteiger partial charge in [-0.15, -0.1) is 0 Å². The van der Waals surface area contributed by atoms with Crippen molar-refractivity contribution >= 4 is 0 Å². The Labute approximate surface area is 103 Å². The number of aryl methyl sites for hydroxylation is 1. The number of nitriles is 1. The number of hydrogen-bond acceptors (Lipinski definition) is 2. The molecule has 1 aromatic rings. The topological polar surface area (TPSA) is 33.0 Å². The smallest absolute Gasteiger partial charge is 0.123 e. The van der Waals surface area contributed by atoms with E-state index in [1.54, 1.807) is 0 Å². The van der Waals surface area contributed by atoms with Crippen molar-refractivity contribution < 1.29 is 4.74 Å². The molecule has 0 heterocycles. The fourth-order valence-corrected chi connectivity index (χ4v) is 2.34. The Hall–Kier alpha value is -1.49. The lowest BCUT2D eigenvalue weighted by atomic mass is 10.1. The number of hydrogen-bond donors (Lipinski definition) is 0. The summed E-state index contributed by atoms with van der Waals surface area (Å²) in [5, 5.41) is 8.90. The van der Waals surface area contributed by atoms with Crippen molar-refractivity contribution in [1.29, 1.82) is 5.26 Å². The second-order valence-corrected chi connectivity index (χ2v) is 4.82. The minimum absolute atomic E-state index is 0.338. The van der Waals surface area contributed by atoms with Crippen LogP contribution in [0.1, 0.15) is 49.7 Å². The van der Waals surface area contributed by atoms with E-state index in [0.29, 0.717) is 11.7 Å². The van der Waals surface area contributed by atoms with Crippen molar-refractivity contribution in [2.75, 3.05) is 0 Å². The molecule has 0 N–H and O–H groups in total. The highest BCUT2D eigenvalue weighted by Gasteiger charge is 2.14. The van der Waals surface area contributed by atoms with Crippen LogP contribution in [0.5, 0.6) is 5.75 Å². The van der Waals surface area contributed by atoms with Crippen molar-refractivity contribution in [3.63, 3.8) is 0 Å². The van der Waals surface area contributed by atoms with Gasteiger partial charge in [-0.2, -0.15) is 5.26 Å². The van der Waals surface area contributed by atoms with Gasteiger partial charge in [0.25, 0.3) is 0 Å². The van der Waals surface area contributed by atoms with Crippen LogP contribution in [0.4, 0.5) is 0 Å². The molecule has 2 heteroatoms. The van der Waals surface area contributed by atoms with Crippen molar-refractivity contribution in [2.24, 2.45) is 0 Å². The average Bonchev–Trinajstić information content (AvgIpc) is 2.60. The van der Waals surface area contributed by atoms with Crippen LogP contribution in [0.25, 0.3) is 0 Å². The van der Waals surface area contributed by atoms with Gasteiger partial charge in [0.15, 0.2) is 0 Å². The van der Waals surface area contributed by atoms with Crippen LogP contribution in [0.15, 0.2) is 18.2 Å². The van der Waals surface area contributed by atoms with Gasteiger partial charge in [-0.1, -0.05) is 18.9 Å². The summed E-state index contributed by atoms with van der Waals surface area (Å²) in [4.78, 5) is 0. The molecule has 0 spiro atoms. The lowest BCUT2D eigenvalue weighted by molar-refractivity contribution is 0.182. The minimum Gasteiger partial charge on any atom is -0.490 e. The van der Waals surface area contributed by atoms with E-state index >= 15 is 0 Å². The summed E-state index contributed by atoms with van der Waals surface area (Å²) in [6.07, 6.45) is 7.83. The van der Waals surface area contributed by atoms with E-state index in [2.05, 4.69) is 6.07 Å². The zero-order chi connectivity index (χ0) is 12.1. The van der Waals surface area contributed by atoms with Crippen LogP contribution in [-0.2, 0) is 0 Å². The van der Waals surface area contributed by atoms with E-state index in [-0.39, 0.29) is 0 Å². The first kappa shape index (κ1) is 12.0. The Morgan fingerprint density at radius 2 is 1.88 bits per heavy atom. The molecule has 0 bridgehead atoms. The SMILES string of the molecule is Cc1ccc(C#N)cc1OC1CCCCCC1. The Bertz CT molecular complexity index is 411. The molecule has 17 heavy (non-hydrogen) atoms. The van der Waals surface area contributed by atoms with Gasteiger partial charge in [0.2, 0.25) is 0 Å². The first-order chi connectivity index (χ1) is 8.29. The van der Waals surface area contributed by atoms with Crippen LogP contribution in [0.3, 0.4) is 0 Å². The predicted molar refractivity (Wildman–Crippen MR) is 68.0 cm³/mol. The van der Waals surface area contributed by atoms with Gasteiger partial charge in [-0.25, -0.2) is 0 Å². The highest BCUT2D eigenvalue weighted by atomic mass is 16.5. The monoisotopic (exact) mass is 229 g/mol. The lowest BCUT2D eigenvalue weighted by Gasteiger charge is -2.18. The quantitative estimate of drug-likeness (QED) is 0.719. The highest BCUT2D eigenvalue weighted by molar-refractivity contribution is 5.41. The van der Waals surface area contributed by atoms with E-state index in [1.165, 1.54) is 25.7 Å². The fourth-order valence-electron chi connectivity index (χ4n) is 2.34. The third-order valence-electron chi connectivity index (χ3n) is 3.41. The van der Waals surface area contributed by atoms with E-state index in [4.69, 9.17) is 10.00 Å². The molecule has 0 aliphatic heterocycles. The summed E-state index contributed by atoms with van der Waals surface area (Å²) in [6.45, 7) is 2.03. The summed E-state index contributed by atoms with van der Waals surface area (Å²) < 4.78 is 6.06. The number of rotatable bonds is 2. The minimum atomic E-state index is 0.338. The van der Waals surface area contributed by atoms with E-state index in [0.717, 1.165) is 24.2 Å². The maximum Gasteiger partial charge on any atom is 0.123 e. The van der Waals surface area contributed by atoms with E-state index in [1.807, 2.05) is 25.1 Å². The number of ether oxygens (including phenoxy) is 1. The molecule has 1 saturated carbocycles. The molecule has 0 atom stereocenters. The van der Waals surface area contributed by atoms with Gasteiger partial charge >= 0.3 is 0 Å². The van der Waals surface area contributed by atoms with Crippen molar-refractivity contribution in [3.8, 4) is 11.8 Å². The Balaban J connectivity index is 2.09. The third-order valence-corrected chi connectivity index (χ3v) is 3.41. The second kappa shape index (κ2) is 5.72. The molecule has 90 valence electrons. The summed E-state index contributed by atoms with van der Waals surface area (Å²) in [7, 11) is 0. The molecule has 0 amide bonds. The lowest BCUT2D eigenvalue weighted by Crippen LogP contribution is -2.15. The molecule has 2 nitrogen and oxygen atoms in total. The molecule has 1 aromatic carbocycles. The Kier molecular flexibility index (Phi) is 4.03. The summed E-state index contributed by atoms with van der Waals surface area (Å²) in [5.74, 6) is 0.885. The van der Waals surface area contributed by atoms with E-state index < -0.39 is 0 Å². The first-order valence-electron chi connectivity index (χ1n) is 6.47. The first-order valence-corrected chi connectivity index (χ1v) is 6.47. The largest absolute Gasteiger partial charge is 0.490 e. The molecule has 0 radical (unpaired) electrons. The normalized spacial score (nSPS) is 17.2. The van der Waals surface area contributed by atoms with Crippen LogP contribution >= 0.6 is 0 Å². The average molecular weight is 229 g/mol. The van der Waals surface area contributed by atoms with Gasteiger partial charge in [-0.3, -0.25) is 0 Å². The maximum atomic E-state index is 8.90. The van der Waals surface area contributed by atoms with Crippen LogP contribution in [0, 0.1) is 18.3 Å². The van der Waals surface area contributed by atoms with Gasteiger partial charge in [0.1, 0.15) is 5.75 Å². The maximum absolute atomic E-state index is 8.90. The molecule has 1 aliphatic carbocycles. The molecule has 0 aromatic heterocycles. The van der Waals surface area contributed by atoms with Gasteiger partial charge in [0.05, 0.1) is 17.7 Å². The molecule has 2 rings (SSSR count). The molecule has 0 saturated heterocycles. The Morgan fingerprint density at radius 3 is 2.53 bits per heavy atom. The van der Waals surface area contributed by atoms with Crippen LogP contribution in [0.2, 0.25) is 0 Å². The van der Waals surface area contributed by atoms with Crippen LogP contribution in [-0.4, -0.2) is 6.10 Å². The van der Waals surface area contributed by atoms with Gasteiger partial charge in [-0.05, 0) is 50.3 Å².